The van der Waals surface area contributed by atoms with Crippen molar-refractivity contribution in [1.82, 2.24) is 0 Å². The highest BCUT2D eigenvalue weighted by Gasteiger charge is 2.06. The van der Waals surface area contributed by atoms with Crippen LogP contribution >= 0.6 is 0 Å². The lowest BCUT2D eigenvalue weighted by Crippen LogP contribution is -2.07. The zero-order chi connectivity index (χ0) is 19.5. The number of hydrogen-bond donors (Lipinski definition) is 2. The molecular weight excluding hydrogens is 340 g/mol. The smallest absolute Gasteiger partial charge is 0.221 e. The topological polar surface area (TPSA) is 59.6 Å². The molecule has 5 heteroatoms. The first kappa shape index (κ1) is 20.6. The summed E-state index contributed by atoms with van der Waals surface area (Å²) in [6.07, 6.45) is 4.84. The number of carbonyl (C=O) groups excluding carboxylic acids is 1. The number of ether oxygens (including phenoxy) is 2. The highest BCUT2D eigenvalue weighted by atomic mass is 16.5. The molecule has 0 aliphatic rings. The highest BCUT2D eigenvalue weighted by Crippen LogP contribution is 2.28. The predicted molar refractivity (Wildman–Crippen MR) is 111 cm³/mol. The highest BCUT2D eigenvalue weighted by molar-refractivity contribution is 5.90. The van der Waals surface area contributed by atoms with Crippen molar-refractivity contribution in [2.75, 3.05) is 24.4 Å². The first-order chi connectivity index (χ1) is 13.1. The number of methoxy groups -OCH3 is 1. The molecule has 0 bridgehead atoms. The molecular formula is C22H30N2O3. The van der Waals surface area contributed by atoms with Gasteiger partial charge in [-0.1, -0.05) is 38.3 Å². The summed E-state index contributed by atoms with van der Waals surface area (Å²) in [5.74, 6) is 1.42. The molecule has 0 aliphatic carbocycles. The summed E-state index contributed by atoms with van der Waals surface area (Å²) < 4.78 is 11.1. The zero-order valence-corrected chi connectivity index (χ0v) is 16.5. The van der Waals surface area contributed by atoms with Gasteiger partial charge in [0.2, 0.25) is 5.91 Å². The molecule has 27 heavy (non-hydrogen) atoms. The maximum absolute atomic E-state index is 11.2. The second-order valence-electron chi connectivity index (χ2n) is 6.50. The fraction of sp³-hybridized carbons (Fsp3) is 0.409. The van der Waals surface area contributed by atoms with Crippen LogP contribution in [0.15, 0.2) is 42.5 Å². The third kappa shape index (κ3) is 7.21. The quantitative estimate of drug-likeness (QED) is 0.532. The molecule has 0 aliphatic heterocycles. The summed E-state index contributed by atoms with van der Waals surface area (Å²) in [7, 11) is 1.59. The number of carbonyl (C=O) groups is 1. The summed E-state index contributed by atoms with van der Waals surface area (Å²) in [4.78, 5) is 11.2. The van der Waals surface area contributed by atoms with Gasteiger partial charge < -0.3 is 20.1 Å². The Morgan fingerprint density at radius 2 is 1.81 bits per heavy atom. The van der Waals surface area contributed by atoms with Crippen molar-refractivity contribution in [1.29, 1.82) is 0 Å². The van der Waals surface area contributed by atoms with Crippen molar-refractivity contribution < 1.29 is 14.3 Å². The van der Waals surface area contributed by atoms with E-state index < -0.39 is 0 Å². The van der Waals surface area contributed by atoms with Gasteiger partial charge in [0.05, 0.1) is 19.4 Å². The number of unbranched alkanes of at least 4 members (excludes halogenated alkanes) is 3. The monoisotopic (exact) mass is 370 g/mol. The Labute approximate surface area is 162 Å². The van der Waals surface area contributed by atoms with Crippen LogP contribution in [0.3, 0.4) is 0 Å². The van der Waals surface area contributed by atoms with E-state index in [4.69, 9.17) is 9.47 Å². The number of anilines is 2. The van der Waals surface area contributed by atoms with Gasteiger partial charge in [0, 0.05) is 25.2 Å². The van der Waals surface area contributed by atoms with E-state index in [0.29, 0.717) is 18.0 Å². The number of rotatable bonds is 11. The standard InChI is InChI=1S/C22H30N2O3/c1-4-5-6-7-14-27-20-11-8-18(9-12-20)16-23-19-10-13-21(24-17(2)25)22(15-19)26-3/h8-13,15,23H,4-7,14,16H2,1-3H3,(H,24,25). The van der Waals surface area contributed by atoms with Gasteiger partial charge >= 0.3 is 0 Å². The molecule has 2 rings (SSSR count). The Bertz CT molecular complexity index is 714. The van der Waals surface area contributed by atoms with Gasteiger partial charge in [0.15, 0.2) is 0 Å². The molecule has 0 atom stereocenters. The molecule has 0 saturated heterocycles. The van der Waals surface area contributed by atoms with Gasteiger partial charge in [0.25, 0.3) is 0 Å². The lowest BCUT2D eigenvalue weighted by Gasteiger charge is -2.13. The van der Waals surface area contributed by atoms with Gasteiger partial charge in [-0.05, 0) is 36.2 Å². The third-order valence-electron chi connectivity index (χ3n) is 4.20. The maximum Gasteiger partial charge on any atom is 0.221 e. The summed E-state index contributed by atoms with van der Waals surface area (Å²) in [5, 5.41) is 6.12. The largest absolute Gasteiger partial charge is 0.494 e. The van der Waals surface area contributed by atoms with Crippen molar-refractivity contribution in [3.63, 3.8) is 0 Å². The van der Waals surface area contributed by atoms with Gasteiger partial charge in [-0.15, -0.1) is 0 Å². The van der Waals surface area contributed by atoms with Gasteiger partial charge in [0.1, 0.15) is 11.5 Å². The van der Waals surface area contributed by atoms with Gasteiger partial charge in [-0.2, -0.15) is 0 Å². The molecule has 0 saturated carbocycles. The molecule has 146 valence electrons. The fourth-order valence-electron chi connectivity index (χ4n) is 2.72. The minimum atomic E-state index is -0.123. The maximum atomic E-state index is 11.2. The summed E-state index contributed by atoms with van der Waals surface area (Å²) in [5.41, 5.74) is 2.76. The van der Waals surface area contributed by atoms with Crippen LogP contribution in [0.1, 0.15) is 45.1 Å². The van der Waals surface area contributed by atoms with E-state index in [1.807, 2.05) is 30.3 Å². The van der Waals surface area contributed by atoms with Crippen molar-refractivity contribution in [2.24, 2.45) is 0 Å². The molecule has 0 aromatic heterocycles. The SMILES string of the molecule is CCCCCCOc1ccc(CNc2ccc(NC(C)=O)c(OC)c2)cc1. The van der Waals surface area contributed by atoms with Gasteiger partial charge in [-0.3, -0.25) is 4.79 Å². The van der Waals surface area contributed by atoms with Crippen LogP contribution < -0.4 is 20.1 Å². The molecule has 0 fully saturated rings. The second-order valence-corrected chi connectivity index (χ2v) is 6.50. The van der Waals surface area contributed by atoms with Crippen LogP contribution in [0.2, 0.25) is 0 Å². The van der Waals surface area contributed by atoms with E-state index in [9.17, 15) is 4.79 Å². The van der Waals surface area contributed by atoms with E-state index in [1.54, 1.807) is 7.11 Å². The fourth-order valence-corrected chi connectivity index (χ4v) is 2.72. The van der Waals surface area contributed by atoms with E-state index in [2.05, 4.69) is 29.7 Å². The Morgan fingerprint density at radius 3 is 2.48 bits per heavy atom. The minimum Gasteiger partial charge on any atom is -0.494 e. The molecule has 5 nitrogen and oxygen atoms in total. The van der Waals surface area contributed by atoms with Gasteiger partial charge in [-0.25, -0.2) is 0 Å². The summed E-state index contributed by atoms with van der Waals surface area (Å²) in [6.45, 7) is 5.16. The van der Waals surface area contributed by atoms with Crippen molar-refractivity contribution in [3.8, 4) is 11.5 Å². The van der Waals surface area contributed by atoms with Crippen molar-refractivity contribution in [2.45, 2.75) is 46.1 Å². The van der Waals surface area contributed by atoms with Crippen LogP contribution in [0.4, 0.5) is 11.4 Å². The molecule has 0 heterocycles. The molecule has 1 amide bonds. The summed E-state index contributed by atoms with van der Waals surface area (Å²) >= 11 is 0. The van der Waals surface area contributed by atoms with E-state index in [-0.39, 0.29) is 5.91 Å². The number of benzene rings is 2. The second kappa shape index (κ2) is 11.1. The normalized spacial score (nSPS) is 10.3. The van der Waals surface area contributed by atoms with E-state index >= 15 is 0 Å². The number of hydrogen-bond acceptors (Lipinski definition) is 4. The summed E-state index contributed by atoms with van der Waals surface area (Å²) in [6, 6.07) is 13.8. The molecule has 2 aromatic rings. The Balaban J connectivity index is 1.84. The number of amides is 1. The Hall–Kier alpha value is -2.69. The molecule has 0 radical (unpaired) electrons. The molecule has 0 spiro atoms. The third-order valence-corrected chi connectivity index (χ3v) is 4.20. The van der Waals surface area contributed by atoms with Crippen LogP contribution in [0.25, 0.3) is 0 Å². The first-order valence-electron chi connectivity index (χ1n) is 9.53. The van der Waals surface area contributed by atoms with Crippen LogP contribution in [0.5, 0.6) is 11.5 Å². The Kier molecular flexibility index (Phi) is 8.49. The molecule has 2 aromatic carbocycles. The average molecular weight is 370 g/mol. The van der Waals surface area contributed by atoms with Crippen molar-refractivity contribution >= 4 is 17.3 Å². The van der Waals surface area contributed by atoms with Crippen LogP contribution in [0, 0.1) is 0 Å². The minimum absolute atomic E-state index is 0.123. The molecule has 2 N–H and O–H groups in total. The van der Waals surface area contributed by atoms with Crippen molar-refractivity contribution in [3.05, 3.63) is 48.0 Å². The van der Waals surface area contributed by atoms with E-state index in [1.165, 1.54) is 31.7 Å². The zero-order valence-electron chi connectivity index (χ0n) is 16.5. The van der Waals surface area contributed by atoms with E-state index in [0.717, 1.165) is 24.5 Å². The van der Waals surface area contributed by atoms with Crippen LogP contribution in [-0.4, -0.2) is 19.6 Å². The predicted octanol–water partition coefficient (Wildman–Crippen LogP) is 5.22. The first-order valence-corrected chi connectivity index (χ1v) is 9.53. The van der Waals surface area contributed by atoms with Crippen LogP contribution in [-0.2, 0) is 11.3 Å². The average Bonchev–Trinajstić information content (AvgIpc) is 2.67. The molecule has 0 unspecified atom stereocenters. The lowest BCUT2D eigenvalue weighted by atomic mass is 10.2. The lowest BCUT2D eigenvalue weighted by molar-refractivity contribution is -0.114. The number of nitrogens with one attached hydrogen (secondary N) is 2. The Morgan fingerprint density at radius 1 is 1.04 bits per heavy atom.